The molecule has 0 atom stereocenters. The average Bonchev–Trinajstić information content (AvgIpc) is 2.99. The maximum Gasteiger partial charge on any atom is 0.256 e. The van der Waals surface area contributed by atoms with Crippen LogP contribution in [-0.2, 0) is 0 Å². The van der Waals surface area contributed by atoms with Gasteiger partial charge < -0.3 is 15.2 Å². The van der Waals surface area contributed by atoms with Crippen LogP contribution in [0.15, 0.2) is 10.7 Å². The molecule has 1 aliphatic carbocycles. The zero-order valence-corrected chi connectivity index (χ0v) is 9.45. The molecular formula is C11H17N3O2. The molecule has 1 heterocycles. The molecule has 0 spiro atoms. The van der Waals surface area contributed by atoms with Gasteiger partial charge in [-0.15, -0.1) is 0 Å². The lowest BCUT2D eigenvalue weighted by Gasteiger charge is -2.04. The summed E-state index contributed by atoms with van der Waals surface area (Å²) in [6.07, 6.45) is 5.00. The van der Waals surface area contributed by atoms with Gasteiger partial charge in [-0.05, 0) is 32.7 Å². The molecule has 1 saturated carbocycles. The minimum Gasteiger partial charge on any atom is -0.361 e. The van der Waals surface area contributed by atoms with E-state index in [4.69, 9.17) is 4.52 Å². The van der Waals surface area contributed by atoms with Gasteiger partial charge in [-0.1, -0.05) is 5.16 Å². The summed E-state index contributed by atoms with van der Waals surface area (Å²) in [7, 11) is 0. The van der Waals surface area contributed by atoms with Gasteiger partial charge in [-0.25, -0.2) is 0 Å². The van der Waals surface area contributed by atoms with Gasteiger partial charge in [-0.2, -0.15) is 0 Å². The monoisotopic (exact) mass is 223 g/mol. The Morgan fingerprint density at radius 3 is 3.00 bits per heavy atom. The fraction of sp³-hybridized carbons (Fsp3) is 0.636. The van der Waals surface area contributed by atoms with Crippen LogP contribution in [0.1, 0.15) is 35.4 Å². The Bertz CT molecular complexity index is 358. The van der Waals surface area contributed by atoms with Gasteiger partial charge in [0.2, 0.25) is 0 Å². The van der Waals surface area contributed by atoms with E-state index in [1.807, 2.05) is 0 Å². The highest BCUT2D eigenvalue weighted by Crippen LogP contribution is 2.18. The number of rotatable bonds is 6. The molecule has 0 aromatic carbocycles. The molecule has 16 heavy (non-hydrogen) atoms. The van der Waals surface area contributed by atoms with Crippen LogP contribution in [0.5, 0.6) is 0 Å². The van der Waals surface area contributed by atoms with Crippen molar-refractivity contribution in [1.82, 2.24) is 15.8 Å². The third kappa shape index (κ3) is 3.06. The van der Waals surface area contributed by atoms with Crippen LogP contribution in [-0.4, -0.2) is 30.2 Å². The van der Waals surface area contributed by atoms with E-state index in [0.717, 1.165) is 19.0 Å². The second-order valence-electron chi connectivity index (χ2n) is 4.13. The van der Waals surface area contributed by atoms with Crippen LogP contribution in [0.25, 0.3) is 0 Å². The topological polar surface area (TPSA) is 67.2 Å². The summed E-state index contributed by atoms with van der Waals surface area (Å²) >= 11 is 0. The highest BCUT2D eigenvalue weighted by molar-refractivity contribution is 5.94. The number of aryl methyl sites for hydroxylation is 1. The van der Waals surface area contributed by atoms with Crippen molar-refractivity contribution >= 4 is 5.91 Å². The number of amides is 1. The summed E-state index contributed by atoms with van der Waals surface area (Å²) < 4.78 is 4.83. The van der Waals surface area contributed by atoms with Crippen LogP contribution in [0.4, 0.5) is 0 Å². The van der Waals surface area contributed by atoms with Crippen molar-refractivity contribution in [1.29, 1.82) is 0 Å². The third-order valence-electron chi connectivity index (χ3n) is 2.64. The third-order valence-corrected chi connectivity index (χ3v) is 2.64. The Labute approximate surface area is 94.6 Å². The highest BCUT2D eigenvalue weighted by Gasteiger charge is 2.19. The number of carbonyl (C=O) groups is 1. The lowest BCUT2D eigenvalue weighted by molar-refractivity contribution is 0.0951. The minimum absolute atomic E-state index is 0.106. The van der Waals surface area contributed by atoms with Crippen LogP contribution in [0, 0.1) is 6.92 Å². The van der Waals surface area contributed by atoms with E-state index in [2.05, 4.69) is 15.8 Å². The SMILES string of the molecule is Cc1oncc1C(=O)NCCCNC1CC1. The molecule has 0 saturated heterocycles. The van der Waals surface area contributed by atoms with Crippen molar-refractivity contribution in [2.75, 3.05) is 13.1 Å². The minimum atomic E-state index is -0.106. The maximum absolute atomic E-state index is 11.6. The molecule has 0 bridgehead atoms. The van der Waals surface area contributed by atoms with Crippen LogP contribution in [0.3, 0.4) is 0 Å². The Kier molecular flexibility index (Phi) is 3.56. The average molecular weight is 223 g/mol. The summed E-state index contributed by atoms with van der Waals surface area (Å²) in [5.74, 6) is 0.457. The predicted octanol–water partition coefficient (Wildman–Crippen LogP) is 0.855. The van der Waals surface area contributed by atoms with E-state index < -0.39 is 0 Å². The summed E-state index contributed by atoms with van der Waals surface area (Å²) in [4.78, 5) is 11.6. The van der Waals surface area contributed by atoms with E-state index in [-0.39, 0.29) is 5.91 Å². The molecule has 88 valence electrons. The molecule has 0 unspecified atom stereocenters. The van der Waals surface area contributed by atoms with E-state index in [0.29, 0.717) is 17.9 Å². The molecule has 0 radical (unpaired) electrons. The van der Waals surface area contributed by atoms with Crippen molar-refractivity contribution in [3.63, 3.8) is 0 Å². The van der Waals surface area contributed by atoms with E-state index in [1.54, 1.807) is 6.92 Å². The molecule has 1 fully saturated rings. The van der Waals surface area contributed by atoms with Gasteiger partial charge in [-0.3, -0.25) is 4.79 Å². The summed E-state index contributed by atoms with van der Waals surface area (Å²) in [6.45, 7) is 3.38. The summed E-state index contributed by atoms with van der Waals surface area (Å²) in [6, 6.07) is 0.732. The summed E-state index contributed by atoms with van der Waals surface area (Å²) in [5, 5.41) is 9.81. The molecular weight excluding hydrogens is 206 g/mol. The van der Waals surface area contributed by atoms with Crippen molar-refractivity contribution in [3.05, 3.63) is 17.5 Å². The van der Waals surface area contributed by atoms with Crippen LogP contribution < -0.4 is 10.6 Å². The lowest BCUT2D eigenvalue weighted by atomic mass is 10.2. The largest absolute Gasteiger partial charge is 0.361 e. The maximum atomic E-state index is 11.6. The predicted molar refractivity (Wildman–Crippen MR) is 59.2 cm³/mol. The molecule has 5 heteroatoms. The molecule has 2 rings (SSSR count). The first kappa shape index (κ1) is 11.1. The van der Waals surface area contributed by atoms with Crippen molar-refractivity contribution in [2.45, 2.75) is 32.2 Å². The normalized spacial score (nSPS) is 15.1. The van der Waals surface area contributed by atoms with Crippen molar-refractivity contribution in [2.24, 2.45) is 0 Å². The Morgan fingerprint density at radius 2 is 2.38 bits per heavy atom. The second-order valence-corrected chi connectivity index (χ2v) is 4.13. The first-order valence-corrected chi connectivity index (χ1v) is 5.70. The number of hydrogen-bond donors (Lipinski definition) is 2. The van der Waals surface area contributed by atoms with Crippen molar-refractivity contribution < 1.29 is 9.32 Å². The second kappa shape index (κ2) is 5.12. The van der Waals surface area contributed by atoms with E-state index >= 15 is 0 Å². The number of hydrogen-bond acceptors (Lipinski definition) is 4. The number of carbonyl (C=O) groups excluding carboxylic acids is 1. The number of nitrogens with one attached hydrogen (secondary N) is 2. The van der Waals surface area contributed by atoms with Gasteiger partial charge in [0.05, 0.1) is 6.20 Å². The number of nitrogens with zero attached hydrogens (tertiary/aromatic N) is 1. The first-order valence-electron chi connectivity index (χ1n) is 5.70. The molecule has 1 amide bonds. The van der Waals surface area contributed by atoms with Crippen LogP contribution in [0.2, 0.25) is 0 Å². The first-order chi connectivity index (χ1) is 7.77. The van der Waals surface area contributed by atoms with Gasteiger partial charge in [0.25, 0.3) is 5.91 Å². The quantitative estimate of drug-likeness (QED) is 0.702. The van der Waals surface area contributed by atoms with Crippen molar-refractivity contribution in [3.8, 4) is 0 Å². The molecule has 0 aliphatic heterocycles. The fourth-order valence-electron chi connectivity index (χ4n) is 1.50. The number of aromatic nitrogens is 1. The molecule has 2 N–H and O–H groups in total. The van der Waals surface area contributed by atoms with Crippen LogP contribution >= 0.6 is 0 Å². The highest BCUT2D eigenvalue weighted by atomic mass is 16.5. The zero-order valence-electron chi connectivity index (χ0n) is 9.45. The molecule has 5 nitrogen and oxygen atoms in total. The van der Waals surface area contributed by atoms with Gasteiger partial charge in [0.1, 0.15) is 11.3 Å². The molecule has 1 aromatic rings. The smallest absolute Gasteiger partial charge is 0.256 e. The Morgan fingerprint density at radius 1 is 1.56 bits per heavy atom. The zero-order chi connectivity index (χ0) is 11.4. The standard InChI is InChI=1S/C11H17N3O2/c1-8-10(7-14-16-8)11(15)13-6-2-5-12-9-3-4-9/h7,9,12H,2-6H2,1H3,(H,13,15). The summed E-state index contributed by atoms with van der Waals surface area (Å²) in [5.41, 5.74) is 0.523. The molecule has 1 aliphatic rings. The Balaban J connectivity index is 1.61. The van der Waals surface area contributed by atoms with Gasteiger partial charge >= 0.3 is 0 Å². The molecule has 1 aromatic heterocycles. The fourth-order valence-corrected chi connectivity index (χ4v) is 1.50. The Hall–Kier alpha value is -1.36. The van der Waals surface area contributed by atoms with Gasteiger partial charge in [0.15, 0.2) is 0 Å². The van der Waals surface area contributed by atoms with E-state index in [1.165, 1.54) is 19.0 Å². The lowest BCUT2D eigenvalue weighted by Crippen LogP contribution is -2.28. The van der Waals surface area contributed by atoms with Gasteiger partial charge in [0, 0.05) is 12.6 Å². The van der Waals surface area contributed by atoms with E-state index in [9.17, 15) is 4.79 Å².